The van der Waals surface area contributed by atoms with E-state index in [1.165, 1.54) is 0 Å². The zero-order chi connectivity index (χ0) is 24.0. The Hall–Kier alpha value is -3.01. The van der Waals surface area contributed by atoms with Crippen LogP contribution in [-0.2, 0) is 11.8 Å². The van der Waals surface area contributed by atoms with Gasteiger partial charge in [-0.2, -0.15) is 18.3 Å². The second-order valence-corrected chi connectivity index (χ2v) is 9.29. The van der Waals surface area contributed by atoms with Crippen LogP contribution in [0.4, 0.5) is 18.9 Å². The van der Waals surface area contributed by atoms with Crippen molar-refractivity contribution in [1.82, 2.24) is 19.7 Å². The lowest BCUT2D eigenvalue weighted by atomic mass is 9.87. The number of amides is 1. The molecule has 0 atom stereocenters. The first-order chi connectivity index (χ1) is 15.4. The smallest absolute Gasteiger partial charge is 0.386 e. The normalized spacial score (nSPS) is 19.6. The fourth-order valence-corrected chi connectivity index (χ4v) is 4.18. The summed E-state index contributed by atoms with van der Waals surface area (Å²) < 4.78 is 40.0. The highest BCUT2D eigenvalue weighted by Crippen LogP contribution is 2.35. The van der Waals surface area contributed by atoms with Crippen LogP contribution in [0.3, 0.4) is 0 Å². The average molecular weight is 461 g/mol. The SMILES string of the molecule is CC(C)(O)c1cc2nn([C@H]3CC[C@H](C)CC3)cc2cc1NC(=O)c1cnc(C(F)(F)F)nc1. The van der Waals surface area contributed by atoms with Gasteiger partial charge in [0.05, 0.1) is 22.7 Å². The molecule has 1 amide bonds. The molecule has 33 heavy (non-hydrogen) atoms. The number of rotatable bonds is 4. The molecule has 3 aromatic rings. The number of hydrogen-bond donors (Lipinski definition) is 2. The van der Waals surface area contributed by atoms with Gasteiger partial charge in [-0.1, -0.05) is 6.92 Å². The van der Waals surface area contributed by atoms with Gasteiger partial charge in [0.2, 0.25) is 5.82 Å². The van der Waals surface area contributed by atoms with Crippen molar-refractivity contribution >= 4 is 22.5 Å². The molecular formula is C23H26F3N5O2. The molecule has 1 aliphatic carbocycles. The Morgan fingerprint density at radius 2 is 1.76 bits per heavy atom. The van der Waals surface area contributed by atoms with Gasteiger partial charge in [-0.05, 0) is 57.6 Å². The Morgan fingerprint density at radius 3 is 2.33 bits per heavy atom. The van der Waals surface area contributed by atoms with Crippen LogP contribution in [0.1, 0.15) is 74.2 Å². The zero-order valence-corrected chi connectivity index (χ0v) is 18.6. The van der Waals surface area contributed by atoms with Gasteiger partial charge in [-0.3, -0.25) is 9.48 Å². The number of nitrogens with zero attached hydrogens (tertiary/aromatic N) is 4. The van der Waals surface area contributed by atoms with Gasteiger partial charge >= 0.3 is 6.18 Å². The lowest BCUT2D eigenvalue weighted by molar-refractivity contribution is -0.145. The van der Waals surface area contributed by atoms with Gasteiger partial charge in [0, 0.05) is 35.2 Å². The van der Waals surface area contributed by atoms with E-state index in [2.05, 4.69) is 22.2 Å². The van der Waals surface area contributed by atoms with Crippen molar-refractivity contribution in [3.63, 3.8) is 0 Å². The van der Waals surface area contributed by atoms with Crippen LogP contribution in [0.25, 0.3) is 10.9 Å². The molecule has 1 aliphatic rings. The van der Waals surface area contributed by atoms with E-state index in [0.717, 1.165) is 43.5 Å². The van der Waals surface area contributed by atoms with Gasteiger partial charge in [0.1, 0.15) is 0 Å². The van der Waals surface area contributed by atoms with Crippen LogP contribution in [0.5, 0.6) is 0 Å². The molecule has 2 N–H and O–H groups in total. The largest absolute Gasteiger partial charge is 0.451 e. The fourth-order valence-electron chi connectivity index (χ4n) is 4.18. The van der Waals surface area contributed by atoms with E-state index in [1.807, 2.05) is 10.9 Å². The topological polar surface area (TPSA) is 92.9 Å². The highest BCUT2D eigenvalue weighted by atomic mass is 19.4. The molecule has 0 bridgehead atoms. The molecule has 10 heteroatoms. The maximum absolute atomic E-state index is 12.7. The van der Waals surface area contributed by atoms with Crippen molar-refractivity contribution in [2.24, 2.45) is 5.92 Å². The van der Waals surface area contributed by atoms with E-state index in [1.54, 1.807) is 26.0 Å². The molecule has 0 aliphatic heterocycles. The number of aromatic nitrogens is 4. The number of aliphatic hydroxyl groups is 1. The number of carbonyl (C=O) groups excluding carboxylic acids is 1. The minimum atomic E-state index is -4.69. The molecule has 176 valence electrons. The van der Waals surface area contributed by atoms with Crippen molar-refractivity contribution in [3.8, 4) is 0 Å². The van der Waals surface area contributed by atoms with Crippen LogP contribution < -0.4 is 5.32 Å². The minimum Gasteiger partial charge on any atom is -0.386 e. The Labute approximate surface area is 189 Å². The van der Waals surface area contributed by atoms with Crippen LogP contribution >= 0.6 is 0 Å². The Bertz CT molecular complexity index is 1160. The van der Waals surface area contributed by atoms with Gasteiger partial charge in [0.25, 0.3) is 5.91 Å². The van der Waals surface area contributed by atoms with E-state index in [4.69, 9.17) is 5.10 Å². The summed E-state index contributed by atoms with van der Waals surface area (Å²) in [4.78, 5) is 19.2. The first kappa shape index (κ1) is 23.2. The molecule has 0 saturated heterocycles. The second-order valence-electron chi connectivity index (χ2n) is 9.29. The van der Waals surface area contributed by atoms with E-state index in [0.29, 0.717) is 28.7 Å². The second kappa shape index (κ2) is 8.40. The van der Waals surface area contributed by atoms with Crippen LogP contribution in [0.2, 0.25) is 0 Å². The van der Waals surface area contributed by atoms with E-state index >= 15 is 0 Å². The van der Waals surface area contributed by atoms with Gasteiger partial charge in [-0.25, -0.2) is 9.97 Å². The summed E-state index contributed by atoms with van der Waals surface area (Å²) in [6.45, 7) is 5.43. The first-order valence-electron chi connectivity index (χ1n) is 10.9. The average Bonchev–Trinajstić information content (AvgIpc) is 3.15. The first-order valence-corrected chi connectivity index (χ1v) is 10.9. The fraction of sp³-hybridized carbons (Fsp3) is 0.478. The summed E-state index contributed by atoms with van der Waals surface area (Å²) in [7, 11) is 0. The van der Waals surface area contributed by atoms with E-state index in [9.17, 15) is 23.1 Å². The maximum Gasteiger partial charge on any atom is 0.451 e. The van der Waals surface area contributed by atoms with Gasteiger partial charge in [0.15, 0.2) is 0 Å². The van der Waals surface area contributed by atoms with Crippen LogP contribution in [0, 0.1) is 5.92 Å². The minimum absolute atomic E-state index is 0.128. The highest BCUT2D eigenvalue weighted by Gasteiger charge is 2.34. The summed E-state index contributed by atoms with van der Waals surface area (Å²) in [5.41, 5.74) is 0.0613. The third kappa shape index (κ3) is 5.00. The van der Waals surface area contributed by atoms with Crippen molar-refractivity contribution in [2.45, 2.75) is 64.3 Å². The van der Waals surface area contributed by atoms with Gasteiger partial charge < -0.3 is 10.4 Å². The number of nitrogens with one attached hydrogen (secondary N) is 1. The summed E-state index contributed by atoms with van der Waals surface area (Å²) in [5, 5.41) is 18.9. The lowest BCUT2D eigenvalue weighted by Gasteiger charge is -2.26. The van der Waals surface area contributed by atoms with Crippen molar-refractivity contribution in [3.05, 3.63) is 47.7 Å². The lowest BCUT2D eigenvalue weighted by Crippen LogP contribution is -2.21. The molecule has 0 unspecified atom stereocenters. The number of fused-ring (bicyclic) bond motifs is 1. The number of halogens is 3. The summed E-state index contributed by atoms with van der Waals surface area (Å²) in [6.07, 6.45) is 3.28. The van der Waals surface area contributed by atoms with E-state index in [-0.39, 0.29) is 5.56 Å². The number of benzene rings is 1. The van der Waals surface area contributed by atoms with Crippen molar-refractivity contribution in [2.75, 3.05) is 5.32 Å². The molecule has 2 aromatic heterocycles. The number of carbonyl (C=O) groups is 1. The zero-order valence-electron chi connectivity index (χ0n) is 18.6. The van der Waals surface area contributed by atoms with Crippen LogP contribution in [0.15, 0.2) is 30.7 Å². The number of anilines is 1. The van der Waals surface area contributed by atoms with Crippen LogP contribution in [-0.4, -0.2) is 30.8 Å². The molecule has 0 radical (unpaired) electrons. The quantitative estimate of drug-likeness (QED) is 0.566. The Kier molecular flexibility index (Phi) is 5.90. The molecule has 4 rings (SSSR count). The molecular weight excluding hydrogens is 435 g/mol. The predicted octanol–water partition coefficient (Wildman–Crippen LogP) is 5.08. The Balaban J connectivity index is 1.64. The summed E-state index contributed by atoms with van der Waals surface area (Å²) in [6, 6.07) is 3.76. The summed E-state index contributed by atoms with van der Waals surface area (Å²) >= 11 is 0. The molecule has 1 aromatic carbocycles. The van der Waals surface area contributed by atoms with Crippen molar-refractivity contribution < 1.29 is 23.1 Å². The molecule has 2 heterocycles. The maximum atomic E-state index is 12.7. The standard InChI is InChI=1S/C23H26F3N5O2/c1-13-4-6-16(7-5-13)31-12-14-8-19(17(22(2,3)33)9-18(14)30-31)29-20(32)15-10-27-21(28-11-15)23(24,25)26/h8-13,16,33H,4-7H2,1-3H3,(H,29,32)/t13-,16-. The Morgan fingerprint density at radius 1 is 1.12 bits per heavy atom. The molecule has 1 saturated carbocycles. The molecule has 1 fully saturated rings. The highest BCUT2D eigenvalue weighted by molar-refractivity contribution is 6.05. The third-order valence-electron chi connectivity index (χ3n) is 6.10. The van der Waals surface area contributed by atoms with E-state index < -0.39 is 23.5 Å². The van der Waals surface area contributed by atoms with Gasteiger partial charge in [-0.15, -0.1) is 0 Å². The summed E-state index contributed by atoms with van der Waals surface area (Å²) in [5.74, 6) is -1.28. The monoisotopic (exact) mass is 461 g/mol. The molecule has 0 spiro atoms. The van der Waals surface area contributed by atoms with Crippen molar-refractivity contribution in [1.29, 1.82) is 0 Å². The third-order valence-corrected chi connectivity index (χ3v) is 6.10. The predicted molar refractivity (Wildman–Crippen MR) is 117 cm³/mol. The molecule has 7 nitrogen and oxygen atoms in total. The number of alkyl halides is 3. The number of hydrogen-bond acceptors (Lipinski definition) is 5.